The first-order valence-electron chi connectivity index (χ1n) is 6.49. The first-order chi connectivity index (χ1) is 9.74. The molecule has 0 radical (unpaired) electrons. The summed E-state index contributed by atoms with van der Waals surface area (Å²) in [5.74, 6) is 0. The zero-order chi connectivity index (χ0) is 14.0. The molecule has 0 spiro atoms. The van der Waals surface area contributed by atoms with Crippen molar-refractivity contribution >= 4 is 21.6 Å². The van der Waals surface area contributed by atoms with Crippen LogP contribution in [-0.4, -0.2) is 10.1 Å². The molecule has 0 aliphatic rings. The molecule has 100 valence electrons. The van der Waals surface area contributed by atoms with Crippen LogP contribution in [0.5, 0.6) is 0 Å². The van der Waals surface area contributed by atoms with Gasteiger partial charge >= 0.3 is 0 Å². The van der Waals surface area contributed by atoms with Crippen LogP contribution >= 0.6 is 11.3 Å². The Kier molecular flexibility index (Phi) is 3.38. The Bertz CT molecular complexity index is 702. The van der Waals surface area contributed by atoms with Crippen molar-refractivity contribution in [2.24, 2.45) is 0 Å². The second kappa shape index (κ2) is 5.19. The van der Waals surface area contributed by atoms with E-state index in [1.165, 1.54) is 11.3 Å². The lowest BCUT2D eigenvalue weighted by molar-refractivity contribution is 0.0841. The number of benzene rings is 2. The lowest BCUT2D eigenvalue weighted by Crippen LogP contribution is -2.26. The Balaban J connectivity index is 2.17. The third-order valence-corrected chi connectivity index (χ3v) is 4.53. The maximum atomic E-state index is 11.1. The predicted molar refractivity (Wildman–Crippen MR) is 83.9 cm³/mol. The van der Waals surface area contributed by atoms with Gasteiger partial charge in [0.1, 0.15) is 10.6 Å². The van der Waals surface area contributed by atoms with Gasteiger partial charge in [0.25, 0.3) is 0 Å². The molecule has 0 saturated carbocycles. The van der Waals surface area contributed by atoms with Gasteiger partial charge in [-0.05, 0) is 17.7 Å². The summed E-state index contributed by atoms with van der Waals surface area (Å²) in [6.07, 6.45) is 2.18. The number of aliphatic hydroxyl groups is 1. The van der Waals surface area contributed by atoms with Gasteiger partial charge < -0.3 is 5.11 Å². The number of para-hydroxylation sites is 1. The van der Waals surface area contributed by atoms with Crippen LogP contribution in [0.1, 0.15) is 17.0 Å². The van der Waals surface area contributed by atoms with E-state index in [-0.39, 0.29) is 0 Å². The quantitative estimate of drug-likeness (QED) is 0.730. The molecule has 0 aliphatic heterocycles. The molecule has 3 aromatic rings. The minimum absolute atomic E-state index is 0.441. The van der Waals surface area contributed by atoms with Gasteiger partial charge in [-0.15, -0.1) is 17.9 Å². The van der Waals surface area contributed by atoms with E-state index in [1.54, 1.807) is 6.08 Å². The van der Waals surface area contributed by atoms with Gasteiger partial charge in [-0.1, -0.05) is 48.5 Å². The van der Waals surface area contributed by atoms with E-state index in [0.29, 0.717) is 11.4 Å². The molecule has 0 bridgehead atoms. The molecule has 2 nitrogen and oxygen atoms in total. The molecule has 0 saturated heterocycles. The molecule has 3 heteroatoms. The fourth-order valence-corrected chi connectivity index (χ4v) is 3.39. The summed E-state index contributed by atoms with van der Waals surface area (Å²) >= 11 is 1.53. The first-order valence-corrected chi connectivity index (χ1v) is 7.30. The number of thiazole rings is 1. The number of hydrogen-bond donors (Lipinski definition) is 1. The second-order valence-electron chi connectivity index (χ2n) is 4.71. The lowest BCUT2D eigenvalue weighted by Gasteiger charge is -2.25. The van der Waals surface area contributed by atoms with E-state index < -0.39 is 5.60 Å². The third kappa shape index (κ3) is 2.15. The number of hydrogen-bond acceptors (Lipinski definition) is 3. The van der Waals surface area contributed by atoms with Gasteiger partial charge in [-0.25, -0.2) is 4.98 Å². The van der Waals surface area contributed by atoms with Crippen molar-refractivity contribution in [2.75, 3.05) is 0 Å². The van der Waals surface area contributed by atoms with Crippen molar-refractivity contribution in [2.45, 2.75) is 12.0 Å². The molecule has 2 aromatic carbocycles. The topological polar surface area (TPSA) is 33.1 Å². The van der Waals surface area contributed by atoms with Crippen molar-refractivity contribution in [1.82, 2.24) is 4.98 Å². The lowest BCUT2D eigenvalue weighted by atomic mass is 9.91. The van der Waals surface area contributed by atoms with Crippen molar-refractivity contribution in [1.29, 1.82) is 0 Å². The molecule has 1 unspecified atom stereocenters. The van der Waals surface area contributed by atoms with Crippen LogP contribution in [0.15, 0.2) is 67.3 Å². The maximum absolute atomic E-state index is 11.1. The average molecular weight is 281 g/mol. The Morgan fingerprint density at radius 2 is 1.80 bits per heavy atom. The number of aromatic nitrogens is 1. The summed E-state index contributed by atoms with van der Waals surface area (Å²) < 4.78 is 1.08. The predicted octanol–water partition coefficient (Wildman–Crippen LogP) is 4.11. The SMILES string of the molecule is C=CCC(O)(c1ccccc1)c1nc2ccccc2s1. The highest BCUT2D eigenvalue weighted by Gasteiger charge is 2.33. The molecule has 1 heterocycles. The van der Waals surface area contributed by atoms with E-state index in [9.17, 15) is 5.11 Å². The van der Waals surface area contributed by atoms with Crippen molar-refractivity contribution in [3.63, 3.8) is 0 Å². The maximum Gasteiger partial charge on any atom is 0.144 e. The Morgan fingerprint density at radius 3 is 2.50 bits per heavy atom. The fraction of sp³-hybridized carbons (Fsp3) is 0.118. The Morgan fingerprint density at radius 1 is 1.10 bits per heavy atom. The molecule has 1 atom stereocenters. The summed E-state index contributed by atoms with van der Waals surface area (Å²) in [5, 5.41) is 11.8. The van der Waals surface area contributed by atoms with E-state index in [2.05, 4.69) is 11.6 Å². The molecule has 0 aliphatic carbocycles. The monoisotopic (exact) mass is 281 g/mol. The van der Waals surface area contributed by atoms with Crippen molar-refractivity contribution in [3.05, 3.63) is 77.8 Å². The summed E-state index contributed by atoms with van der Waals surface area (Å²) in [6, 6.07) is 17.6. The van der Waals surface area contributed by atoms with Crippen LogP contribution in [0.4, 0.5) is 0 Å². The summed E-state index contributed by atoms with van der Waals surface area (Å²) in [7, 11) is 0. The smallest absolute Gasteiger partial charge is 0.144 e. The highest BCUT2D eigenvalue weighted by molar-refractivity contribution is 7.18. The van der Waals surface area contributed by atoms with Gasteiger partial charge in [0.05, 0.1) is 10.2 Å². The summed E-state index contributed by atoms with van der Waals surface area (Å²) in [6.45, 7) is 3.77. The number of fused-ring (bicyclic) bond motifs is 1. The minimum Gasteiger partial charge on any atom is -0.378 e. The molecule has 3 rings (SSSR count). The summed E-state index contributed by atoms with van der Waals surface area (Å²) in [5.41, 5.74) is 0.664. The standard InChI is InChI=1S/C17H15NOS/c1-2-12-17(19,13-8-4-3-5-9-13)16-18-14-10-6-7-11-15(14)20-16/h2-11,19H,1,12H2. The van der Waals surface area contributed by atoms with Crippen molar-refractivity contribution in [3.8, 4) is 0 Å². The van der Waals surface area contributed by atoms with Crippen LogP contribution < -0.4 is 0 Å². The molecule has 20 heavy (non-hydrogen) atoms. The van der Waals surface area contributed by atoms with Gasteiger partial charge in [0.2, 0.25) is 0 Å². The number of nitrogens with zero attached hydrogens (tertiary/aromatic N) is 1. The largest absolute Gasteiger partial charge is 0.378 e. The molecule has 1 aromatic heterocycles. The Labute approximate surface area is 122 Å². The van der Waals surface area contributed by atoms with E-state index >= 15 is 0 Å². The third-order valence-electron chi connectivity index (χ3n) is 3.34. The molecular weight excluding hydrogens is 266 g/mol. The van der Waals surface area contributed by atoms with Crippen LogP contribution in [0.3, 0.4) is 0 Å². The average Bonchev–Trinajstić information content (AvgIpc) is 2.93. The molecule has 0 fully saturated rings. The minimum atomic E-state index is -1.10. The molecule has 1 N–H and O–H groups in total. The van der Waals surface area contributed by atoms with E-state index in [1.807, 2.05) is 54.6 Å². The fourth-order valence-electron chi connectivity index (χ4n) is 2.30. The highest BCUT2D eigenvalue weighted by Crippen LogP contribution is 2.37. The van der Waals surface area contributed by atoms with Gasteiger partial charge in [-0.2, -0.15) is 0 Å². The Hall–Kier alpha value is -1.97. The normalized spacial score (nSPS) is 14.1. The van der Waals surface area contributed by atoms with E-state index in [0.717, 1.165) is 15.8 Å². The van der Waals surface area contributed by atoms with Crippen molar-refractivity contribution < 1.29 is 5.11 Å². The second-order valence-corrected chi connectivity index (χ2v) is 5.74. The van der Waals surface area contributed by atoms with Crippen LogP contribution in [0.25, 0.3) is 10.2 Å². The highest BCUT2D eigenvalue weighted by atomic mass is 32.1. The molecule has 0 amide bonds. The first kappa shape index (κ1) is 13.0. The van der Waals surface area contributed by atoms with Crippen LogP contribution in [0.2, 0.25) is 0 Å². The molecular formula is C17H15NOS. The van der Waals surface area contributed by atoms with Gasteiger partial charge in [0.15, 0.2) is 0 Å². The van der Waals surface area contributed by atoms with Gasteiger partial charge in [-0.3, -0.25) is 0 Å². The zero-order valence-electron chi connectivity index (χ0n) is 11.0. The van der Waals surface area contributed by atoms with Crippen LogP contribution in [-0.2, 0) is 5.60 Å². The summed E-state index contributed by atoms with van der Waals surface area (Å²) in [4.78, 5) is 4.60. The number of rotatable bonds is 4. The van der Waals surface area contributed by atoms with Gasteiger partial charge in [0, 0.05) is 6.42 Å². The zero-order valence-corrected chi connectivity index (χ0v) is 11.8. The van der Waals surface area contributed by atoms with Crippen LogP contribution in [0, 0.1) is 0 Å². The van der Waals surface area contributed by atoms with E-state index in [4.69, 9.17) is 0 Å².